The van der Waals surface area contributed by atoms with Gasteiger partial charge in [-0.25, -0.2) is 0 Å². The first-order valence-electron chi connectivity index (χ1n) is 16.0. The van der Waals surface area contributed by atoms with Crippen LogP contribution in [0.2, 0.25) is 0 Å². The molecule has 0 radical (unpaired) electrons. The van der Waals surface area contributed by atoms with Crippen molar-refractivity contribution in [1.29, 1.82) is 0 Å². The smallest absolute Gasteiger partial charge is 0.246 e. The van der Waals surface area contributed by atoms with Gasteiger partial charge in [0, 0.05) is 40.3 Å². The van der Waals surface area contributed by atoms with Crippen molar-refractivity contribution in [3.8, 4) is 0 Å². The molecule has 0 spiro atoms. The molecule has 282 valence electrons. The molecule has 0 aliphatic carbocycles. The predicted octanol–water partition coefficient (Wildman–Crippen LogP) is -2.27. The Morgan fingerprint density at radius 2 is 0.854 bits per heavy atom. The molecule has 0 aromatic carbocycles. The Morgan fingerprint density at radius 3 is 1.31 bits per heavy atom. The number of aldehydes is 1. The maximum absolute atomic E-state index is 11.9. The van der Waals surface area contributed by atoms with Gasteiger partial charge in [0.1, 0.15) is 32.2 Å². The fourth-order valence-electron chi connectivity index (χ4n) is 3.21. The maximum Gasteiger partial charge on any atom is 0.246 e. The summed E-state index contributed by atoms with van der Waals surface area (Å²) in [5.74, 6) is -0.868. The highest BCUT2D eigenvalue weighted by molar-refractivity contribution is 5.77. The van der Waals surface area contributed by atoms with Crippen LogP contribution in [0.15, 0.2) is 0 Å². The van der Waals surface area contributed by atoms with Crippen LogP contribution in [0.25, 0.3) is 0 Å². The number of hydrogen-bond donors (Lipinski definition) is 3. The van der Waals surface area contributed by atoms with Gasteiger partial charge in [-0.15, -0.1) is 0 Å². The van der Waals surface area contributed by atoms with Gasteiger partial charge in [-0.1, -0.05) is 0 Å². The summed E-state index contributed by atoms with van der Waals surface area (Å²) in [7, 11) is 3.18. The summed E-state index contributed by atoms with van der Waals surface area (Å²) in [4.78, 5) is 45.9. The fourth-order valence-corrected chi connectivity index (χ4v) is 3.21. The maximum atomic E-state index is 11.9. The number of rotatable bonds is 38. The summed E-state index contributed by atoms with van der Waals surface area (Å²) in [6.07, 6.45) is 0.386. The Balaban J connectivity index is 4.00. The molecule has 0 saturated heterocycles. The number of carbonyl (C=O) groups excluding carboxylic acids is 4. The summed E-state index contributed by atoms with van der Waals surface area (Å²) in [5.41, 5.74) is 0. The number of ether oxygens (including phenoxy) is 11. The molecule has 0 aliphatic rings. The van der Waals surface area contributed by atoms with Crippen molar-refractivity contribution in [3.05, 3.63) is 0 Å². The third-order valence-electron chi connectivity index (χ3n) is 5.60. The van der Waals surface area contributed by atoms with Crippen molar-refractivity contribution in [2.75, 3.05) is 159 Å². The van der Waals surface area contributed by atoms with Gasteiger partial charge in [-0.3, -0.25) is 14.4 Å². The highest BCUT2D eigenvalue weighted by atomic mass is 16.6. The van der Waals surface area contributed by atoms with E-state index in [9.17, 15) is 19.2 Å². The van der Waals surface area contributed by atoms with E-state index in [4.69, 9.17) is 52.1 Å². The Labute approximate surface area is 283 Å². The second-order valence-electron chi connectivity index (χ2n) is 9.63. The lowest BCUT2D eigenvalue weighted by molar-refractivity contribution is -0.132. The average Bonchev–Trinajstić information content (AvgIpc) is 3.08. The molecule has 0 atom stereocenters. The van der Waals surface area contributed by atoms with Crippen LogP contribution >= 0.6 is 0 Å². The highest BCUT2D eigenvalue weighted by Crippen LogP contribution is 1.97. The second-order valence-corrected chi connectivity index (χ2v) is 9.63. The molecule has 0 heterocycles. The van der Waals surface area contributed by atoms with Crippen molar-refractivity contribution < 1.29 is 71.3 Å². The molecule has 0 rings (SSSR count). The number of nitrogens with one attached hydrogen (secondary N) is 3. The molecule has 0 unspecified atom stereocenters. The number of hydrogen-bond acceptors (Lipinski definition) is 15. The van der Waals surface area contributed by atoms with Gasteiger partial charge < -0.3 is 72.9 Å². The first kappa shape index (κ1) is 45.6. The molecular weight excluding hydrogens is 642 g/mol. The van der Waals surface area contributed by atoms with Crippen molar-refractivity contribution in [2.24, 2.45) is 0 Å². The standard InChI is InChI=1S/C30H57N3O15/c1-38-10-12-42-16-20-46-24-28(35)32-5-8-40-14-18-44-22-27(48-26-30(37)31-4-3-7-34)23-45-19-15-41-9-6-33-29(36)25-47-21-17-43-13-11-39-2/h7,27H,3-6,8-26H2,1-2H3,(H,31,37)(H,32,35)(H,33,36). The molecule has 0 aliphatic heterocycles. The van der Waals surface area contributed by atoms with Crippen LogP contribution in [0.3, 0.4) is 0 Å². The lowest BCUT2D eigenvalue weighted by Crippen LogP contribution is -2.34. The van der Waals surface area contributed by atoms with Gasteiger partial charge in [0.15, 0.2) is 0 Å². The third kappa shape index (κ3) is 35.0. The highest BCUT2D eigenvalue weighted by Gasteiger charge is 2.13. The van der Waals surface area contributed by atoms with E-state index in [2.05, 4.69) is 16.0 Å². The summed E-state index contributed by atoms with van der Waals surface area (Å²) >= 11 is 0. The molecule has 3 N–H and O–H groups in total. The summed E-state index contributed by atoms with van der Waals surface area (Å²) < 4.78 is 58.5. The van der Waals surface area contributed by atoms with Gasteiger partial charge >= 0.3 is 0 Å². The van der Waals surface area contributed by atoms with E-state index in [1.165, 1.54) is 0 Å². The van der Waals surface area contributed by atoms with Crippen molar-refractivity contribution in [3.63, 3.8) is 0 Å². The summed E-state index contributed by atoms with van der Waals surface area (Å²) in [5, 5.41) is 7.96. The lowest BCUT2D eigenvalue weighted by atomic mass is 10.4. The van der Waals surface area contributed by atoms with Gasteiger partial charge in [0.25, 0.3) is 0 Å². The zero-order valence-electron chi connectivity index (χ0n) is 28.5. The van der Waals surface area contributed by atoms with Crippen LogP contribution in [0.1, 0.15) is 6.42 Å². The molecule has 18 nitrogen and oxygen atoms in total. The Bertz CT molecular complexity index is 721. The monoisotopic (exact) mass is 699 g/mol. The molecule has 0 aromatic heterocycles. The lowest BCUT2D eigenvalue weighted by Gasteiger charge is -2.18. The van der Waals surface area contributed by atoms with E-state index in [0.29, 0.717) is 85.4 Å². The molecule has 0 aromatic rings. The zero-order chi connectivity index (χ0) is 35.2. The SMILES string of the molecule is COCCOCCOCC(=O)NCCOCCOCC(COCCOCCNC(=O)COCCOCCOC)OCC(=O)NCCC=O. The first-order valence-corrected chi connectivity index (χ1v) is 16.0. The largest absolute Gasteiger partial charge is 0.382 e. The fraction of sp³-hybridized carbons (Fsp3) is 0.867. The van der Waals surface area contributed by atoms with Gasteiger partial charge in [0.2, 0.25) is 17.7 Å². The Kier molecular flexibility index (Phi) is 35.6. The van der Waals surface area contributed by atoms with E-state index in [0.717, 1.165) is 0 Å². The van der Waals surface area contributed by atoms with Crippen molar-refractivity contribution >= 4 is 24.0 Å². The van der Waals surface area contributed by atoms with Crippen molar-refractivity contribution in [1.82, 2.24) is 16.0 Å². The predicted molar refractivity (Wildman–Crippen MR) is 170 cm³/mol. The second kappa shape index (κ2) is 37.5. The molecule has 0 fully saturated rings. The quantitative estimate of drug-likeness (QED) is 0.0459. The average molecular weight is 700 g/mol. The molecule has 18 heteroatoms. The number of amides is 3. The minimum Gasteiger partial charge on any atom is -0.382 e. The van der Waals surface area contributed by atoms with Crippen LogP contribution in [0, 0.1) is 0 Å². The van der Waals surface area contributed by atoms with E-state index >= 15 is 0 Å². The van der Waals surface area contributed by atoms with Crippen LogP contribution in [-0.2, 0) is 71.3 Å². The first-order chi connectivity index (χ1) is 23.5. The molecule has 0 bridgehead atoms. The van der Waals surface area contributed by atoms with E-state index in [1.54, 1.807) is 14.2 Å². The zero-order valence-corrected chi connectivity index (χ0v) is 28.5. The summed E-state index contributed by atoms with van der Waals surface area (Å²) in [6.45, 7) is 5.81. The van der Waals surface area contributed by atoms with Crippen molar-refractivity contribution in [2.45, 2.75) is 12.5 Å². The Hall–Kier alpha value is -2.36. The van der Waals surface area contributed by atoms with Gasteiger partial charge in [0.05, 0.1) is 106 Å². The van der Waals surface area contributed by atoms with E-state index in [1.807, 2.05) is 0 Å². The molecular formula is C30H57N3O15. The van der Waals surface area contributed by atoms with E-state index < -0.39 is 6.10 Å². The van der Waals surface area contributed by atoms with Gasteiger partial charge in [-0.2, -0.15) is 0 Å². The van der Waals surface area contributed by atoms with Crippen LogP contribution in [-0.4, -0.2) is 189 Å². The number of methoxy groups -OCH3 is 2. The summed E-state index contributed by atoms with van der Waals surface area (Å²) in [6, 6.07) is 0. The van der Waals surface area contributed by atoms with Crippen LogP contribution in [0.4, 0.5) is 0 Å². The van der Waals surface area contributed by atoms with Gasteiger partial charge in [-0.05, 0) is 0 Å². The van der Waals surface area contributed by atoms with E-state index in [-0.39, 0.29) is 90.1 Å². The molecule has 0 saturated carbocycles. The van der Waals surface area contributed by atoms with Crippen LogP contribution in [0.5, 0.6) is 0 Å². The molecule has 48 heavy (non-hydrogen) atoms. The Morgan fingerprint density at radius 1 is 0.479 bits per heavy atom. The topological polar surface area (TPSA) is 206 Å². The van der Waals surface area contributed by atoms with Crippen LogP contribution < -0.4 is 16.0 Å². The molecule has 3 amide bonds. The minimum absolute atomic E-state index is 0.0664. The number of carbonyl (C=O) groups is 4. The third-order valence-corrected chi connectivity index (χ3v) is 5.60. The minimum atomic E-state index is -0.545. The normalized spacial score (nSPS) is 11.1.